The molecule has 1 fully saturated rings. The summed E-state index contributed by atoms with van der Waals surface area (Å²) in [5.74, 6) is -0.881. The first-order valence-corrected chi connectivity index (χ1v) is 12.5. The number of pyridine rings is 1. The Morgan fingerprint density at radius 2 is 1.77 bits per heavy atom. The minimum absolute atomic E-state index is 0. The molecule has 0 atom stereocenters. The number of hydrogen-bond acceptors (Lipinski definition) is 6. The molecule has 2 aromatic carbocycles. The van der Waals surface area contributed by atoms with E-state index >= 15 is 0 Å². The molecular formula is C30H32F2N6O. The Kier molecular flexibility index (Phi) is 9.06. The molecule has 1 aliphatic rings. The second-order valence-corrected chi connectivity index (χ2v) is 9.42. The van der Waals surface area contributed by atoms with Gasteiger partial charge in [0.2, 0.25) is 0 Å². The molecule has 4 aromatic rings. The third-order valence-corrected chi connectivity index (χ3v) is 6.62. The molecule has 2 aromatic heterocycles. The van der Waals surface area contributed by atoms with Crippen LogP contribution in [0.3, 0.4) is 0 Å². The number of carbonyl (C=O) groups is 1. The highest BCUT2D eigenvalue weighted by atomic mass is 19.1. The topological polar surface area (TPSA) is 74.2 Å². The van der Waals surface area contributed by atoms with E-state index in [1.165, 1.54) is 18.2 Å². The molecule has 202 valence electrons. The van der Waals surface area contributed by atoms with Gasteiger partial charge < -0.3 is 10.2 Å². The van der Waals surface area contributed by atoms with E-state index < -0.39 is 17.5 Å². The zero-order chi connectivity index (χ0) is 26.5. The van der Waals surface area contributed by atoms with Crippen LogP contribution in [0.5, 0.6) is 0 Å². The third kappa shape index (κ3) is 7.07. The fraction of sp³-hybridized carbons (Fsp3) is 0.267. The number of likely N-dealkylation sites (N-methyl/N-ethyl adjacent to an activating group) is 1. The van der Waals surface area contributed by atoms with Gasteiger partial charge in [-0.25, -0.2) is 18.7 Å². The van der Waals surface area contributed by atoms with Crippen LogP contribution in [0.1, 0.15) is 34.7 Å². The third-order valence-electron chi connectivity index (χ3n) is 6.62. The van der Waals surface area contributed by atoms with Crippen molar-refractivity contribution in [2.24, 2.45) is 0 Å². The molecule has 0 radical (unpaired) electrons. The molecule has 1 amide bonds. The van der Waals surface area contributed by atoms with Gasteiger partial charge in [-0.3, -0.25) is 14.7 Å². The van der Waals surface area contributed by atoms with Crippen LogP contribution in [0.15, 0.2) is 73.2 Å². The Bertz CT molecular complexity index is 1420. The molecule has 9 heteroatoms. The van der Waals surface area contributed by atoms with E-state index in [1.54, 1.807) is 42.9 Å². The Balaban J connectivity index is 0.00000353. The Morgan fingerprint density at radius 1 is 0.949 bits per heavy atom. The van der Waals surface area contributed by atoms with E-state index in [-0.39, 0.29) is 19.4 Å². The number of anilines is 1. The fourth-order valence-electron chi connectivity index (χ4n) is 4.38. The van der Waals surface area contributed by atoms with Gasteiger partial charge >= 0.3 is 0 Å². The van der Waals surface area contributed by atoms with Crippen molar-refractivity contribution in [3.63, 3.8) is 0 Å². The average Bonchev–Trinajstić information content (AvgIpc) is 2.93. The van der Waals surface area contributed by atoms with E-state index in [2.05, 4.69) is 37.1 Å². The molecule has 0 aliphatic carbocycles. The first-order valence-electron chi connectivity index (χ1n) is 12.5. The van der Waals surface area contributed by atoms with Crippen molar-refractivity contribution in [1.82, 2.24) is 24.8 Å². The number of hydrogen-bond donors (Lipinski definition) is 1. The SMILES string of the molecule is C.CN1CCN(Cc2ccc(C(=O)Nc3ccc(F)c(Cc4nccc(-c5cccnc5)n4)c3)cc2F)CC1. The highest BCUT2D eigenvalue weighted by Gasteiger charge is 2.17. The Morgan fingerprint density at radius 3 is 2.51 bits per heavy atom. The van der Waals surface area contributed by atoms with E-state index in [0.717, 1.165) is 31.7 Å². The molecule has 0 spiro atoms. The van der Waals surface area contributed by atoms with Gasteiger partial charge in [0.1, 0.15) is 17.5 Å². The molecule has 39 heavy (non-hydrogen) atoms. The highest BCUT2D eigenvalue weighted by molar-refractivity contribution is 6.04. The fourth-order valence-corrected chi connectivity index (χ4v) is 4.38. The monoisotopic (exact) mass is 530 g/mol. The lowest BCUT2D eigenvalue weighted by molar-refractivity contribution is 0.102. The standard InChI is InChI=1S/C29H28F2N6O.CH4/c1-36-11-13-37(14-12-36)19-22-5-4-20(16-26(22)31)29(38)34-24-6-7-25(30)23(15-24)17-28-33-10-8-27(35-28)21-3-2-9-32-18-21;/h2-10,15-16,18H,11-14,17,19H2,1H3,(H,34,38);1H4. The summed E-state index contributed by atoms with van der Waals surface area (Å²) in [5, 5.41) is 2.74. The van der Waals surface area contributed by atoms with E-state index in [9.17, 15) is 13.6 Å². The Labute approximate surface area is 227 Å². The lowest BCUT2D eigenvalue weighted by atomic mass is 10.1. The molecule has 1 N–H and O–H groups in total. The van der Waals surface area contributed by atoms with E-state index in [1.807, 2.05) is 12.1 Å². The largest absolute Gasteiger partial charge is 0.322 e. The van der Waals surface area contributed by atoms with Gasteiger partial charge in [-0.2, -0.15) is 0 Å². The van der Waals surface area contributed by atoms with Crippen molar-refractivity contribution < 1.29 is 13.6 Å². The van der Waals surface area contributed by atoms with Crippen molar-refractivity contribution in [2.45, 2.75) is 20.4 Å². The van der Waals surface area contributed by atoms with Crippen molar-refractivity contribution >= 4 is 11.6 Å². The Hall–Kier alpha value is -4.08. The minimum Gasteiger partial charge on any atom is -0.322 e. The molecule has 7 nitrogen and oxygen atoms in total. The van der Waals surface area contributed by atoms with Crippen molar-refractivity contribution in [2.75, 3.05) is 38.5 Å². The van der Waals surface area contributed by atoms with Crippen LogP contribution >= 0.6 is 0 Å². The molecule has 1 aliphatic heterocycles. The quantitative estimate of drug-likeness (QED) is 0.361. The van der Waals surface area contributed by atoms with Gasteiger partial charge in [-0.15, -0.1) is 0 Å². The van der Waals surface area contributed by atoms with Gasteiger partial charge in [0.25, 0.3) is 5.91 Å². The number of halogens is 2. The molecule has 3 heterocycles. The summed E-state index contributed by atoms with van der Waals surface area (Å²) >= 11 is 0. The zero-order valence-corrected chi connectivity index (χ0v) is 21.1. The van der Waals surface area contributed by atoms with Crippen LogP contribution in [0.4, 0.5) is 14.5 Å². The predicted molar refractivity (Wildman–Crippen MR) is 148 cm³/mol. The molecule has 5 rings (SSSR count). The summed E-state index contributed by atoms with van der Waals surface area (Å²) in [6.07, 6.45) is 5.14. The van der Waals surface area contributed by atoms with Crippen LogP contribution in [-0.4, -0.2) is 63.9 Å². The number of carbonyl (C=O) groups excluding carboxylic acids is 1. The molecular weight excluding hydrogens is 498 g/mol. The summed E-state index contributed by atoms with van der Waals surface area (Å²) in [4.78, 5) is 30.2. The van der Waals surface area contributed by atoms with Crippen LogP contribution in [0, 0.1) is 11.6 Å². The number of nitrogens with one attached hydrogen (secondary N) is 1. The highest BCUT2D eigenvalue weighted by Crippen LogP contribution is 2.21. The van der Waals surface area contributed by atoms with Gasteiger partial charge in [0.05, 0.1) is 5.69 Å². The van der Waals surface area contributed by atoms with Crippen molar-refractivity contribution in [3.8, 4) is 11.3 Å². The molecule has 1 saturated heterocycles. The van der Waals surface area contributed by atoms with Crippen LogP contribution < -0.4 is 5.32 Å². The van der Waals surface area contributed by atoms with Gasteiger partial charge in [0.15, 0.2) is 0 Å². The van der Waals surface area contributed by atoms with Crippen LogP contribution in [-0.2, 0) is 13.0 Å². The second kappa shape index (κ2) is 12.6. The van der Waals surface area contributed by atoms with Gasteiger partial charge in [-0.05, 0) is 61.1 Å². The normalized spacial score (nSPS) is 14.0. The van der Waals surface area contributed by atoms with E-state index in [0.29, 0.717) is 34.9 Å². The number of nitrogens with zero attached hydrogens (tertiary/aromatic N) is 5. The molecule has 0 bridgehead atoms. The van der Waals surface area contributed by atoms with E-state index in [4.69, 9.17) is 0 Å². The second-order valence-electron chi connectivity index (χ2n) is 9.42. The number of aromatic nitrogens is 3. The number of rotatable bonds is 7. The summed E-state index contributed by atoms with van der Waals surface area (Å²) in [7, 11) is 2.07. The summed E-state index contributed by atoms with van der Waals surface area (Å²) in [5.41, 5.74) is 3.01. The maximum atomic E-state index is 14.8. The summed E-state index contributed by atoms with van der Waals surface area (Å²) in [6.45, 7) is 4.16. The van der Waals surface area contributed by atoms with Crippen molar-refractivity contribution in [3.05, 3.63) is 107 Å². The average molecular weight is 531 g/mol. The van der Waals surface area contributed by atoms with Crippen LogP contribution in [0.25, 0.3) is 11.3 Å². The lowest BCUT2D eigenvalue weighted by Crippen LogP contribution is -2.44. The van der Waals surface area contributed by atoms with Gasteiger partial charge in [-0.1, -0.05) is 13.5 Å². The summed E-state index contributed by atoms with van der Waals surface area (Å²) < 4.78 is 29.4. The maximum Gasteiger partial charge on any atom is 0.255 e. The number of piperazine rings is 1. The number of benzene rings is 2. The first kappa shape index (κ1) is 27.9. The minimum atomic E-state index is -0.470. The van der Waals surface area contributed by atoms with Crippen molar-refractivity contribution in [1.29, 1.82) is 0 Å². The lowest BCUT2D eigenvalue weighted by Gasteiger charge is -2.32. The first-order chi connectivity index (χ1) is 18.4. The molecule has 0 saturated carbocycles. The molecule has 0 unspecified atom stereocenters. The van der Waals surface area contributed by atoms with Gasteiger partial charge in [0, 0.05) is 80.1 Å². The maximum absolute atomic E-state index is 14.8. The summed E-state index contributed by atoms with van der Waals surface area (Å²) in [6, 6.07) is 14.3. The smallest absolute Gasteiger partial charge is 0.255 e. The predicted octanol–water partition coefficient (Wildman–Crippen LogP) is 5.04. The zero-order valence-electron chi connectivity index (χ0n) is 21.1. The number of amides is 1. The van der Waals surface area contributed by atoms with Crippen LogP contribution in [0.2, 0.25) is 0 Å².